The molecule has 2 atom stereocenters. The van der Waals surface area contributed by atoms with Crippen LogP contribution in [-0.2, 0) is 4.79 Å². The van der Waals surface area contributed by atoms with Crippen LogP contribution in [-0.4, -0.2) is 61.0 Å². The Balaban J connectivity index is 1.79. The molecule has 2 aliphatic heterocycles. The van der Waals surface area contributed by atoms with E-state index in [4.69, 9.17) is 0 Å². The Bertz CT molecular complexity index is 269. The Labute approximate surface area is 104 Å². The number of carbonyl (C=O) groups excluding carboxylic acids is 1. The van der Waals surface area contributed by atoms with Gasteiger partial charge in [-0.2, -0.15) is 0 Å². The summed E-state index contributed by atoms with van der Waals surface area (Å²) in [6.07, 6.45) is 2.44. The fraction of sp³-hybridized carbons (Fsp3) is 0.923. The fourth-order valence-corrected chi connectivity index (χ4v) is 2.86. The smallest absolute Gasteiger partial charge is 0.236 e. The number of likely N-dealkylation sites (tertiary alicyclic amines) is 1. The molecule has 2 heterocycles. The van der Waals surface area contributed by atoms with E-state index in [-0.39, 0.29) is 0 Å². The van der Waals surface area contributed by atoms with Crippen LogP contribution >= 0.6 is 0 Å². The van der Waals surface area contributed by atoms with Gasteiger partial charge in [-0.15, -0.1) is 0 Å². The van der Waals surface area contributed by atoms with Crippen molar-refractivity contribution < 1.29 is 4.79 Å². The highest BCUT2D eigenvalue weighted by Crippen LogP contribution is 2.15. The van der Waals surface area contributed by atoms with E-state index in [1.54, 1.807) is 0 Å². The molecule has 4 heteroatoms. The fourth-order valence-electron chi connectivity index (χ4n) is 2.86. The van der Waals surface area contributed by atoms with Crippen molar-refractivity contribution in [2.24, 2.45) is 5.92 Å². The molecule has 0 saturated carbocycles. The van der Waals surface area contributed by atoms with Gasteiger partial charge in [0.15, 0.2) is 0 Å². The minimum Gasteiger partial charge on any atom is -0.341 e. The minimum atomic E-state index is 0.325. The predicted octanol–water partition coefficient (Wildman–Crippen LogP) is 0.539. The summed E-state index contributed by atoms with van der Waals surface area (Å²) in [7, 11) is 0. The highest BCUT2D eigenvalue weighted by atomic mass is 16.2. The van der Waals surface area contributed by atoms with E-state index in [0.717, 1.165) is 32.7 Å². The highest BCUT2D eigenvalue weighted by molar-refractivity contribution is 5.78. The molecule has 98 valence electrons. The molecule has 1 unspecified atom stereocenters. The molecule has 0 radical (unpaired) electrons. The molecule has 4 nitrogen and oxygen atoms in total. The van der Waals surface area contributed by atoms with Crippen LogP contribution in [0.15, 0.2) is 0 Å². The molecule has 2 rings (SSSR count). The standard InChI is InChI=1S/C13H25N3O/c1-11-4-3-6-16(8-11)13(17)10-15-7-5-14-12(2)9-15/h11-12,14H,3-10H2,1-2H3/t11?,12-/m0/s1. The van der Waals surface area contributed by atoms with Gasteiger partial charge in [0.2, 0.25) is 5.91 Å². The van der Waals surface area contributed by atoms with E-state index in [2.05, 4.69) is 29.0 Å². The Morgan fingerprint density at radius 1 is 1.29 bits per heavy atom. The Morgan fingerprint density at radius 2 is 2.12 bits per heavy atom. The van der Waals surface area contributed by atoms with E-state index in [1.807, 2.05) is 0 Å². The Hall–Kier alpha value is -0.610. The van der Waals surface area contributed by atoms with Crippen molar-refractivity contribution in [1.82, 2.24) is 15.1 Å². The van der Waals surface area contributed by atoms with Crippen LogP contribution in [0.1, 0.15) is 26.7 Å². The molecular formula is C13H25N3O. The second-order valence-electron chi connectivity index (χ2n) is 5.68. The van der Waals surface area contributed by atoms with Gasteiger partial charge in [-0.25, -0.2) is 0 Å². The monoisotopic (exact) mass is 239 g/mol. The van der Waals surface area contributed by atoms with Crippen molar-refractivity contribution in [3.8, 4) is 0 Å². The summed E-state index contributed by atoms with van der Waals surface area (Å²) >= 11 is 0. The Morgan fingerprint density at radius 3 is 2.82 bits per heavy atom. The number of rotatable bonds is 2. The summed E-state index contributed by atoms with van der Waals surface area (Å²) in [5.41, 5.74) is 0. The number of hydrogen-bond acceptors (Lipinski definition) is 3. The number of nitrogens with one attached hydrogen (secondary N) is 1. The van der Waals surface area contributed by atoms with Gasteiger partial charge in [0.25, 0.3) is 0 Å². The third-order valence-corrected chi connectivity index (χ3v) is 3.82. The first-order valence-corrected chi connectivity index (χ1v) is 6.88. The number of piperidine rings is 1. The van der Waals surface area contributed by atoms with Gasteiger partial charge in [-0.05, 0) is 25.7 Å². The second-order valence-corrected chi connectivity index (χ2v) is 5.68. The molecule has 0 aromatic heterocycles. The number of carbonyl (C=O) groups is 1. The normalized spacial score (nSPS) is 31.5. The SMILES string of the molecule is CC1CCCN(C(=O)CN2CCN[C@@H](C)C2)C1. The van der Waals surface area contributed by atoms with E-state index < -0.39 is 0 Å². The van der Waals surface area contributed by atoms with E-state index in [1.165, 1.54) is 12.8 Å². The molecule has 2 aliphatic rings. The zero-order chi connectivity index (χ0) is 12.3. The van der Waals surface area contributed by atoms with Crippen LogP contribution in [0.4, 0.5) is 0 Å². The highest BCUT2D eigenvalue weighted by Gasteiger charge is 2.24. The summed E-state index contributed by atoms with van der Waals surface area (Å²) < 4.78 is 0. The van der Waals surface area contributed by atoms with Crippen LogP contribution in [0.2, 0.25) is 0 Å². The lowest BCUT2D eigenvalue weighted by Crippen LogP contribution is -2.53. The third kappa shape index (κ3) is 3.68. The van der Waals surface area contributed by atoms with Crippen LogP contribution in [0.5, 0.6) is 0 Å². The molecule has 17 heavy (non-hydrogen) atoms. The number of amides is 1. The van der Waals surface area contributed by atoms with Crippen molar-refractivity contribution in [2.45, 2.75) is 32.7 Å². The summed E-state index contributed by atoms with van der Waals surface area (Å²) in [6.45, 7) is 9.95. The summed E-state index contributed by atoms with van der Waals surface area (Å²) in [5.74, 6) is 1.00. The number of piperazine rings is 1. The molecule has 0 aromatic carbocycles. The van der Waals surface area contributed by atoms with Crippen molar-refractivity contribution in [1.29, 1.82) is 0 Å². The average Bonchev–Trinajstić information content (AvgIpc) is 2.29. The van der Waals surface area contributed by atoms with Gasteiger partial charge in [-0.1, -0.05) is 6.92 Å². The number of nitrogens with zero attached hydrogens (tertiary/aromatic N) is 2. The maximum absolute atomic E-state index is 12.2. The zero-order valence-corrected chi connectivity index (χ0v) is 11.1. The van der Waals surface area contributed by atoms with Gasteiger partial charge >= 0.3 is 0 Å². The molecular weight excluding hydrogens is 214 g/mol. The second kappa shape index (κ2) is 5.83. The van der Waals surface area contributed by atoms with Gasteiger partial charge in [0.1, 0.15) is 0 Å². The third-order valence-electron chi connectivity index (χ3n) is 3.82. The first-order valence-electron chi connectivity index (χ1n) is 6.88. The van der Waals surface area contributed by atoms with Crippen LogP contribution in [0, 0.1) is 5.92 Å². The molecule has 0 aromatic rings. The molecule has 1 amide bonds. The lowest BCUT2D eigenvalue weighted by Gasteiger charge is -2.35. The van der Waals surface area contributed by atoms with Crippen LogP contribution in [0.25, 0.3) is 0 Å². The Kier molecular flexibility index (Phi) is 4.40. The summed E-state index contributed by atoms with van der Waals surface area (Å²) in [4.78, 5) is 16.5. The summed E-state index contributed by atoms with van der Waals surface area (Å²) in [5, 5.41) is 3.41. The van der Waals surface area contributed by atoms with Crippen molar-refractivity contribution in [3.63, 3.8) is 0 Å². The quantitative estimate of drug-likeness (QED) is 0.764. The van der Waals surface area contributed by atoms with Gasteiger partial charge in [-0.3, -0.25) is 9.69 Å². The van der Waals surface area contributed by atoms with Crippen LogP contribution in [0.3, 0.4) is 0 Å². The lowest BCUT2D eigenvalue weighted by atomic mass is 10.0. The van der Waals surface area contributed by atoms with Crippen molar-refractivity contribution >= 4 is 5.91 Å². The molecule has 0 spiro atoms. The van der Waals surface area contributed by atoms with Gasteiger partial charge in [0.05, 0.1) is 6.54 Å². The summed E-state index contributed by atoms with van der Waals surface area (Å²) in [6, 6.07) is 0.511. The zero-order valence-electron chi connectivity index (χ0n) is 11.1. The average molecular weight is 239 g/mol. The molecule has 0 aliphatic carbocycles. The first kappa shape index (κ1) is 12.8. The lowest BCUT2D eigenvalue weighted by molar-refractivity contribution is -0.134. The van der Waals surface area contributed by atoms with Crippen molar-refractivity contribution in [2.75, 3.05) is 39.3 Å². The topological polar surface area (TPSA) is 35.6 Å². The largest absolute Gasteiger partial charge is 0.341 e. The minimum absolute atomic E-state index is 0.325. The maximum atomic E-state index is 12.2. The van der Waals surface area contributed by atoms with E-state index >= 15 is 0 Å². The van der Waals surface area contributed by atoms with E-state index in [9.17, 15) is 4.79 Å². The van der Waals surface area contributed by atoms with Gasteiger partial charge < -0.3 is 10.2 Å². The first-order chi connectivity index (χ1) is 8.15. The molecule has 2 saturated heterocycles. The molecule has 2 fully saturated rings. The maximum Gasteiger partial charge on any atom is 0.236 e. The van der Waals surface area contributed by atoms with E-state index in [0.29, 0.717) is 24.4 Å². The molecule has 1 N–H and O–H groups in total. The predicted molar refractivity (Wildman–Crippen MR) is 68.9 cm³/mol. The molecule has 0 bridgehead atoms. The van der Waals surface area contributed by atoms with Crippen LogP contribution < -0.4 is 5.32 Å². The van der Waals surface area contributed by atoms with Gasteiger partial charge in [0, 0.05) is 38.8 Å². The van der Waals surface area contributed by atoms with Crippen molar-refractivity contribution in [3.05, 3.63) is 0 Å². The number of hydrogen-bond donors (Lipinski definition) is 1.